The zero-order valence-corrected chi connectivity index (χ0v) is 17.1. The van der Waals surface area contributed by atoms with Crippen LogP contribution in [0.4, 0.5) is 24.5 Å². The van der Waals surface area contributed by atoms with Crippen LogP contribution in [-0.4, -0.2) is 22.0 Å². The molecule has 0 atom stereocenters. The highest BCUT2D eigenvalue weighted by Gasteiger charge is 2.59. The molecule has 1 aliphatic carbocycles. The van der Waals surface area contributed by atoms with E-state index in [1.807, 2.05) is 0 Å². The van der Waals surface area contributed by atoms with Gasteiger partial charge in [0.05, 0.1) is 16.7 Å². The molecule has 1 aliphatic heterocycles. The highest BCUT2D eigenvalue weighted by atomic mass is 19.4. The van der Waals surface area contributed by atoms with Gasteiger partial charge in [-0.15, -0.1) is 0 Å². The summed E-state index contributed by atoms with van der Waals surface area (Å²) < 4.78 is 43.8. The van der Waals surface area contributed by atoms with Gasteiger partial charge >= 0.3 is 12.1 Å². The first-order valence-corrected chi connectivity index (χ1v) is 10.2. The SMILES string of the molecule is O=C(O)c1ccc(N2C(=O)C3(CC3)c3cc(OCc4ccc(C(F)(F)F)nc4)ccc32)cc1. The summed E-state index contributed by atoms with van der Waals surface area (Å²) in [6, 6.07) is 13.6. The van der Waals surface area contributed by atoms with Crippen LogP contribution >= 0.6 is 0 Å². The molecule has 0 saturated heterocycles. The Hall–Kier alpha value is -3.88. The molecule has 0 unspecified atom stereocenters. The zero-order valence-electron chi connectivity index (χ0n) is 17.1. The molecule has 1 saturated carbocycles. The number of hydrogen-bond donors (Lipinski definition) is 1. The van der Waals surface area contributed by atoms with Crippen molar-refractivity contribution in [3.05, 3.63) is 83.2 Å². The largest absolute Gasteiger partial charge is 0.489 e. The number of nitrogens with zero attached hydrogens (tertiary/aromatic N) is 2. The fourth-order valence-corrected chi connectivity index (χ4v) is 4.08. The van der Waals surface area contributed by atoms with Crippen LogP contribution in [0.2, 0.25) is 0 Å². The molecular weight excluding hydrogens is 437 g/mol. The molecule has 2 heterocycles. The number of carbonyl (C=O) groups is 2. The number of halogens is 3. The van der Waals surface area contributed by atoms with Crippen LogP contribution in [0.3, 0.4) is 0 Å². The molecule has 33 heavy (non-hydrogen) atoms. The van der Waals surface area contributed by atoms with E-state index in [0.29, 0.717) is 35.5 Å². The fraction of sp³-hybridized carbons (Fsp3) is 0.208. The molecule has 1 aromatic heterocycles. The highest BCUT2D eigenvalue weighted by Crippen LogP contribution is 2.59. The Balaban J connectivity index is 1.38. The predicted molar refractivity (Wildman–Crippen MR) is 111 cm³/mol. The Morgan fingerprint density at radius 3 is 2.39 bits per heavy atom. The second-order valence-electron chi connectivity index (χ2n) is 8.09. The number of aromatic carboxylic acids is 1. The smallest absolute Gasteiger partial charge is 0.433 e. The summed E-state index contributed by atoms with van der Waals surface area (Å²) in [5, 5.41) is 9.11. The maximum absolute atomic E-state index is 13.2. The van der Waals surface area contributed by atoms with Crippen LogP contribution < -0.4 is 9.64 Å². The van der Waals surface area contributed by atoms with Crippen molar-refractivity contribution in [1.82, 2.24) is 4.98 Å². The van der Waals surface area contributed by atoms with Gasteiger partial charge in [0.1, 0.15) is 18.1 Å². The number of rotatable bonds is 5. The van der Waals surface area contributed by atoms with Crippen LogP contribution in [0, 0.1) is 0 Å². The Labute approximate surface area is 186 Å². The van der Waals surface area contributed by atoms with Gasteiger partial charge in [0, 0.05) is 17.4 Å². The first-order chi connectivity index (χ1) is 15.7. The van der Waals surface area contributed by atoms with Crippen LogP contribution in [0.5, 0.6) is 5.75 Å². The monoisotopic (exact) mass is 454 g/mol. The van der Waals surface area contributed by atoms with Crippen LogP contribution in [0.15, 0.2) is 60.8 Å². The molecule has 1 N–H and O–H groups in total. The molecule has 2 aromatic carbocycles. The van der Waals surface area contributed by atoms with Crippen molar-refractivity contribution in [2.45, 2.75) is 31.0 Å². The van der Waals surface area contributed by atoms with E-state index in [4.69, 9.17) is 9.84 Å². The number of carboxylic acids is 1. The number of carboxylic acid groups (broad SMARTS) is 1. The molecular formula is C24H17F3N2O4. The van der Waals surface area contributed by atoms with Gasteiger partial charge in [-0.3, -0.25) is 14.7 Å². The Morgan fingerprint density at radius 2 is 1.82 bits per heavy atom. The Bertz CT molecular complexity index is 1250. The second-order valence-corrected chi connectivity index (χ2v) is 8.09. The molecule has 168 valence electrons. The van der Waals surface area contributed by atoms with Gasteiger partial charge in [0.25, 0.3) is 0 Å². The second kappa shape index (κ2) is 7.33. The van der Waals surface area contributed by atoms with E-state index in [0.717, 1.165) is 17.8 Å². The lowest BCUT2D eigenvalue weighted by Gasteiger charge is -2.18. The van der Waals surface area contributed by atoms with Crippen molar-refractivity contribution in [3.8, 4) is 5.75 Å². The summed E-state index contributed by atoms with van der Waals surface area (Å²) in [6.07, 6.45) is -1.96. The van der Waals surface area contributed by atoms with Gasteiger partial charge in [0.2, 0.25) is 5.91 Å². The Kier molecular flexibility index (Phi) is 4.66. The third-order valence-corrected chi connectivity index (χ3v) is 5.98. The lowest BCUT2D eigenvalue weighted by Crippen LogP contribution is -2.27. The number of pyridine rings is 1. The van der Waals surface area contributed by atoms with Gasteiger partial charge in [0.15, 0.2) is 0 Å². The average Bonchev–Trinajstić information content (AvgIpc) is 3.56. The first kappa shape index (κ1) is 21.0. The van der Waals surface area contributed by atoms with Crippen molar-refractivity contribution < 1.29 is 32.6 Å². The molecule has 0 bridgehead atoms. The number of alkyl halides is 3. The number of amides is 1. The maximum atomic E-state index is 13.2. The van der Waals surface area contributed by atoms with E-state index in [2.05, 4.69) is 4.98 Å². The van der Waals surface area contributed by atoms with Gasteiger partial charge in [-0.2, -0.15) is 13.2 Å². The quantitative estimate of drug-likeness (QED) is 0.581. The summed E-state index contributed by atoms with van der Waals surface area (Å²) in [5.41, 5.74) is 1.17. The minimum atomic E-state index is -4.50. The number of benzene rings is 2. The molecule has 1 spiro atoms. The molecule has 2 aliphatic rings. The van der Waals surface area contributed by atoms with Crippen LogP contribution in [0.1, 0.15) is 40.0 Å². The van der Waals surface area contributed by atoms with E-state index in [1.165, 1.54) is 18.2 Å². The van der Waals surface area contributed by atoms with Crippen LogP contribution in [0.25, 0.3) is 0 Å². The lowest BCUT2D eigenvalue weighted by atomic mass is 9.98. The number of aromatic nitrogens is 1. The highest BCUT2D eigenvalue weighted by molar-refractivity contribution is 6.14. The molecule has 9 heteroatoms. The number of anilines is 2. The van der Waals surface area contributed by atoms with Crippen molar-refractivity contribution in [1.29, 1.82) is 0 Å². The molecule has 5 rings (SSSR count). The molecule has 0 radical (unpaired) electrons. The van der Waals surface area contributed by atoms with E-state index in [-0.39, 0.29) is 18.1 Å². The fourth-order valence-electron chi connectivity index (χ4n) is 4.08. The normalized spacial score (nSPS) is 16.1. The topological polar surface area (TPSA) is 79.7 Å². The Morgan fingerprint density at radius 1 is 1.09 bits per heavy atom. The first-order valence-electron chi connectivity index (χ1n) is 10.2. The van der Waals surface area contributed by atoms with Gasteiger partial charge in [-0.25, -0.2) is 4.79 Å². The number of carbonyl (C=O) groups excluding carboxylic acids is 1. The zero-order chi connectivity index (χ0) is 23.4. The van der Waals surface area contributed by atoms with Crippen molar-refractivity contribution >= 4 is 23.3 Å². The number of fused-ring (bicyclic) bond motifs is 2. The molecule has 1 amide bonds. The molecule has 3 aromatic rings. The van der Waals surface area contributed by atoms with Gasteiger partial charge in [-0.1, -0.05) is 6.07 Å². The number of ether oxygens (including phenoxy) is 1. The maximum Gasteiger partial charge on any atom is 0.433 e. The van der Waals surface area contributed by atoms with E-state index in [9.17, 15) is 22.8 Å². The van der Waals surface area contributed by atoms with Crippen molar-refractivity contribution in [2.75, 3.05) is 4.90 Å². The lowest BCUT2D eigenvalue weighted by molar-refractivity contribution is -0.141. The van der Waals surface area contributed by atoms with Gasteiger partial charge < -0.3 is 9.84 Å². The standard InChI is InChI=1S/C24H17F3N2O4/c25-24(26,27)20-8-1-14(12-28-20)13-33-17-6-7-19-18(11-17)23(9-10-23)22(32)29(19)16-4-2-15(3-5-16)21(30)31/h1-8,11-12H,9-10,13H2,(H,30,31). The summed E-state index contributed by atoms with van der Waals surface area (Å²) in [5.74, 6) is -0.612. The third-order valence-electron chi connectivity index (χ3n) is 5.98. The third kappa shape index (κ3) is 3.59. The van der Waals surface area contributed by atoms with Gasteiger partial charge in [-0.05, 0) is 66.9 Å². The summed E-state index contributed by atoms with van der Waals surface area (Å²) in [7, 11) is 0. The van der Waals surface area contributed by atoms with E-state index in [1.54, 1.807) is 35.2 Å². The predicted octanol–water partition coefficient (Wildman–Crippen LogP) is 5.09. The van der Waals surface area contributed by atoms with E-state index < -0.39 is 23.3 Å². The molecule has 6 nitrogen and oxygen atoms in total. The van der Waals surface area contributed by atoms with Crippen LogP contribution in [-0.2, 0) is 23.0 Å². The van der Waals surface area contributed by atoms with E-state index >= 15 is 0 Å². The minimum absolute atomic E-state index is 0.0330. The molecule has 1 fully saturated rings. The minimum Gasteiger partial charge on any atom is -0.489 e. The summed E-state index contributed by atoms with van der Waals surface area (Å²) in [6.45, 7) is 0.0330. The summed E-state index contributed by atoms with van der Waals surface area (Å²) >= 11 is 0. The average molecular weight is 454 g/mol. The van der Waals surface area contributed by atoms with Crippen molar-refractivity contribution in [2.24, 2.45) is 0 Å². The number of hydrogen-bond acceptors (Lipinski definition) is 4. The summed E-state index contributed by atoms with van der Waals surface area (Å²) in [4.78, 5) is 29.4. The van der Waals surface area contributed by atoms with Crippen molar-refractivity contribution in [3.63, 3.8) is 0 Å².